The molecule has 5 nitrogen and oxygen atoms in total. The molecule has 110 valence electrons. The SMILES string of the molecule is NCC1(C(=O)Nc2cccc(-c3cnco3)c2)CCCC1. The van der Waals surface area contributed by atoms with Crippen molar-refractivity contribution in [2.75, 3.05) is 11.9 Å². The van der Waals surface area contributed by atoms with Crippen molar-refractivity contribution < 1.29 is 9.21 Å². The van der Waals surface area contributed by atoms with Crippen molar-refractivity contribution in [1.82, 2.24) is 4.98 Å². The molecule has 0 radical (unpaired) electrons. The molecule has 0 bridgehead atoms. The summed E-state index contributed by atoms with van der Waals surface area (Å²) >= 11 is 0. The molecule has 0 unspecified atom stereocenters. The van der Waals surface area contributed by atoms with E-state index in [1.165, 1.54) is 6.39 Å². The van der Waals surface area contributed by atoms with Crippen LogP contribution in [-0.4, -0.2) is 17.4 Å². The second-order valence-electron chi connectivity index (χ2n) is 5.59. The number of anilines is 1. The molecule has 3 N–H and O–H groups in total. The molecule has 1 heterocycles. The number of nitrogens with two attached hydrogens (primary N) is 1. The van der Waals surface area contributed by atoms with E-state index in [9.17, 15) is 4.79 Å². The zero-order chi connectivity index (χ0) is 14.7. The van der Waals surface area contributed by atoms with Crippen LogP contribution in [0.1, 0.15) is 25.7 Å². The number of carbonyl (C=O) groups excluding carboxylic acids is 1. The van der Waals surface area contributed by atoms with Crippen molar-refractivity contribution in [3.63, 3.8) is 0 Å². The van der Waals surface area contributed by atoms with Gasteiger partial charge in [-0.25, -0.2) is 4.98 Å². The highest BCUT2D eigenvalue weighted by atomic mass is 16.3. The Bertz CT molecular complexity index is 616. The average Bonchev–Trinajstić information content (AvgIpc) is 3.20. The van der Waals surface area contributed by atoms with Crippen LogP contribution >= 0.6 is 0 Å². The van der Waals surface area contributed by atoms with E-state index >= 15 is 0 Å². The van der Waals surface area contributed by atoms with Crippen LogP contribution in [0.15, 0.2) is 41.3 Å². The van der Waals surface area contributed by atoms with E-state index in [4.69, 9.17) is 10.2 Å². The number of aromatic nitrogens is 1. The number of amides is 1. The van der Waals surface area contributed by atoms with E-state index in [2.05, 4.69) is 10.3 Å². The highest BCUT2D eigenvalue weighted by Crippen LogP contribution is 2.38. The first-order valence-electron chi connectivity index (χ1n) is 7.24. The van der Waals surface area contributed by atoms with Gasteiger partial charge in [-0.15, -0.1) is 0 Å². The topological polar surface area (TPSA) is 81.2 Å². The summed E-state index contributed by atoms with van der Waals surface area (Å²) < 4.78 is 5.28. The van der Waals surface area contributed by atoms with Crippen molar-refractivity contribution in [1.29, 1.82) is 0 Å². The van der Waals surface area contributed by atoms with E-state index < -0.39 is 5.41 Å². The van der Waals surface area contributed by atoms with Gasteiger partial charge in [-0.2, -0.15) is 0 Å². The van der Waals surface area contributed by atoms with E-state index in [1.807, 2.05) is 24.3 Å². The lowest BCUT2D eigenvalue weighted by atomic mass is 9.85. The van der Waals surface area contributed by atoms with Gasteiger partial charge in [0.2, 0.25) is 5.91 Å². The molecule has 3 rings (SSSR count). The lowest BCUT2D eigenvalue weighted by molar-refractivity contribution is -0.124. The molecule has 1 fully saturated rings. The number of nitrogens with one attached hydrogen (secondary N) is 1. The van der Waals surface area contributed by atoms with E-state index in [1.54, 1.807) is 6.20 Å². The van der Waals surface area contributed by atoms with Gasteiger partial charge in [-0.3, -0.25) is 4.79 Å². The monoisotopic (exact) mass is 285 g/mol. The van der Waals surface area contributed by atoms with Gasteiger partial charge < -0.3 is 15.5 Å². The van der Waals surface area contributed by atoms with Crippen molar-refractivity contribution in [3.8, 4) is 11.3 Å². The largest absolute Gasteiger partial charge is 0.444 e. The Morgan fingerprint density at radius 3 is 2.86 bits per heavy atom. The van der Waals surface area contributed by atoms with Crippen molar-refractivity contribution >= 4 is 11.6 Å². The lowest BCUT2D eigenvalue weighted by Crippen LogP contribution is -2.40. The fourth-order valence-corrected chi connectivity index (χ4v) is 2.95. The van der Waals surface area contributed by atoms with Gasteiger partial charge in [-0.05, 0) is 25.0 Å². The molecule has 5 heteroatoms. The molecule has 0 atom stereocenters. The highest BCUT2D eigenvalue weighted by Gasteiger charge is 2.39. The first-order chi connectivity index (χ1) is 10.2. The second-order valence-corrected chi connectivity index (χ2v) is 5.59. The third-order valence-electron chi connectivity index (χ3n) is 4.27. The Kier molecular flexibility index (Phi) is 3.75. The molecule has 1 aliphatic carbocycles. The lowest BCUT2D eigenvalue weighted by Gasteiger charge is -2.25. The number of oxazole rings is 1. The van der Waals surface area contributed by atoms with Crippen LogP contribution in [0, 0.1) is 5.41 Å². The van der Waals surface area contributed by atoms with Crippen molar-refractivity contribution in [3.05, 3.63) is 36.9 Å². The maximum absolute atomic E-state index is 12.5. The number of benzene rings is 1. The number of hydrogen-bond donors (Lipinski definition) is 2. The maximum Gasteiger partial charge on any atom is 0.231 e. The molecule has 1 saturated carbocycles. The van der Waals surface area contributed by atoms with Crippen molar-refractivity contribution in [2.45, 2.75) is 25.7 Å². The summed E-state index contributed by atoms with van der Waals surface area (Å²) in [4.78, 5) is 16.4. The minimum Gasteiger partial charge on any atom is -0.444 e. The van der Waals surface area contributed by atoms with Crippen molar-refractivity contribution in [2.24, 2.45) is 11.1 Å². The fourth-order valence-electron chi connectivity index (χ4n) is 2.95. The number of rotatable bonds is 4. The van der Waals surface area contributed by atoms with Crippen LogP contribution in [0.2, 0.25) is 0 Å². The van der Waals surface area contributed by atoms with E-state index in [-0.39, 0.29) is 5.91 Å². The van der Waals surface area contributed by atoms with E-state index in [0.29, 0.717) is 12.3 Å². The summed E-state index contributed by atoms with van der Waals surface area (Å²) in [7, 11) is 0. The summed E-state index contributed by atoms with van der Waals surface area (Å²) in [6, 6.07) is 7.57. The first-order valence-corrected chi connectivity index (χ1v) is 7.24. The Morgan fingerprint density at radius 2 is 2.19 bits per heavy atom. The third-order valence-corrected chi connectivity index (χ3v) is 4.27. The molecule has 1 aromatic heterocycles. The molecular weight excluding hydrogens is 266 g/mol. The quantitative estimate of drug-likeness (QED) is 0.905. The Morgan fingerprint density at radius 1 is 1.38 bits per heavy atom. The standard InChI is InChI=1S/C16H19N3O2/c17-10-16(6-1-2-7-16)15(20)19-13-5-3-4-12(8-13)14-9-18-11-21-14/h3-5,8-9,11H,1-2,6-7,10,17H2,(H,19,20). The number of nitrogens with zero attached hydrogens (tertiary/aromatic N) is 1. The molecule has 1 amide bonds. The van der Waals surface area contributed by atoms with Gasteiger partial charge in [0.15, 0.2) is 12.2 Å². The zero-order valence-corrected chi connectivity index (χ0v) is 11.8. The van der Waals surface area contributed by atoms with Gasteiger partial charge in [0, 0.05) is 17.8 Å². The predicted octanol–water partition coefficient (Wildman–Crippen LogP) is 2.80. The van der Waals surface area contributed by atoms with Crippen LogP contribution in [0.4, 0.5) is 5.69 Å². The summed E-state index contributed by atoms with van der Waals surface area (Å²) in [5, 5.41) is 3.00. The minimum atomic E-state index is -0.401. The summed E-state index contributed by atoms with van der Waals surface area (Å²) in [5.41, 5.74) is 7.09. The highest BCUT2D eigenvalue weighted by molar-refractivity contribution is 5.96. The third kappa shape index (κ3) is 2.69. The van der Waals surface area contributed by atoms with Gasteiger partial charge in [0.05, 0.1) is 11.6 Å². The van der Waals surface area contributed by atoms with Gasteiger partial charge >= 0.3 is 0 Å². The molecule has 2 aromatic rings. The average molecular weight is 285 g/mol. The van der Waals surface area contributed by atoms with Crippen LogP contribution in [0.3, 0.4) is 0 Å². The molecule has 0 aliphatic heterocycles. The minimum absolute atomic E-state index is 0.0252. The zero-order valence-electron chi connectivity index (χ0n) is 11.8. The summed E-state index contributed by atoms with van der Waals surface area (Å²) in [6.07, 6.45) is 6.93. The molecule has 0 spiro atoms. The van der Waals surface area contributed by atoms with Crippen LogP contribution in [-0.2, 0) is 4.79 Å². The van der Waals surface area contributed by atoms with Crippen LogP contribution < -0.4 is 11.1 Å². The van der Waals surface area contributed by atoms with Crippen LogP contribution in [0.5, 0.6) is 0 Å². The normalized spacial score (nSPS) is 16.8. The summed E-state index contributed by atoms with van der Waals surface area (Å²) in [5.74, 6) is 0.706. The Hall–Kier alpha value is -2.14. The Labute approximate surface area is 123 Å². The Balaban J connectivity index is 1.79. The molecular formula is C16H19N3O2. The van der Waals surface area contributed by atoms with Crippen LogP contribution in [0.25, 0.3) is 11.3 Å². The van der Waals surface area contributed by atoms with Gasteiger partial charge in [-0.1, -0.05) is 25.0 Å². The molecule has 0 saturated heterocycles. The van der Waals surface area contributed by atoms with E-state index in [0.717, 1.165) is 36.9 Å². The van der Waals surface area contributed by atoms with Gasteiger partial charge in [0.1, 0.15) is 0 Å². The molecule has 1 aromatic carbocycles. The second kappa shape index (κ2) is 5.69. The fraction of sp³-hybridized carbons (Fsp3) is 0.375. The first kappa shape index (κ1) is 13.8. The molecule has 21 heavy (non-hydrogen) atoms. The number of hydrogen-bond acceptors (Lipinski definition) is 4. The smallest absolute Gasteiger partial charge is 0.231 e. The molecule has 1 aliphatic rings. The predicted molar refractivity (Wildman–Crippen MR) is 80.5 cm³/mol. The van der Waals surface area contributed by atoms with Gasteiger partial charge in [0.25, 0.3) is 0 Å². The number of carbonyl (C=O) groups is 1. The summed E-state index contributed by atoms with van der Waals surface area (Å²) in [6.45, 7) is 0.403. The maximum atomic E-state index is 12.5.